The van der Waals surface area contributed by atoms with Gasteiger partial charge in [0.2, 0.25) is 0 Å². The van der Waals surface area contributed by atoms with Crippen LogP contribution in [-0.2, 0) is 15.5 Å². The van der Waals surface area contributed by atoms with E-state index in [1.165, 1.54) is 0 Å². The predicted octanol–water partition coefficient (Wildman–Crippen LogP) is 2.52. The molecule has 5 heteroatoms. The van der Waals surface area contributed by atoms with Crippen LogP contribution in [0.3, 0.4) is 0 Å². The Morgan fingerprint density at radius 2 is 1.95 bits per heavy atom. The zero-order chi connectivity index (χ0) is 15.5. The molecule has 0 aliphatic heterocycles. The highest BCUT2D eigenvalue weighted by molar-refractivity contribution is 7.85. The molecule has 0 bridgehead atoms. The second-order valence-electron chi connectivity index (χ2n) is 4.77. The van der Waals surface area contributed by atoms with E-state index in [1.807, 2.05) is 31.2 Å². The van der Waals surface area contributed by atoms with Crippen LogP contribution in [0.2, 0.25) is 0 Å². The van der Waals surface area contributed by atoms with Crippen molar-refractivity contribution in [3.63, 3.8) is 0 Å². The van der Waals surface area contributed by atoms with Crippen molar-refractivity contribution >= 4 is 10.8 Å². The summed E-state index contributed by atoms with van der Waals surface area (Å²) in [6.07, 6.45) is 0.839. The van der Waals surface area contributed by atoms with E-state index in [4.69, 9.17) is 9.47 Å². The van der Waals surface area contributed by atoms with Gasteiger partial charge in [-0.1, -0.05) is 19.1 Å². The maximum Gasteiger partial charge on any atom is 0.119 e. The van der Waals surface area contributed by atoms with E-state index in [9.17, 15) is 4.21 Å². The number of nitrogens with one attached hydrogen (secondary N) is 1. The number of hydrogen-bond donors (Lipinski definition) is 1. The molecule has 0 saturated heterocycles. The molecular weight excluding hydrogens is 286 g/mol. The van der Waals surface area contributed by atoms with Crippen LogP contribution >= 0.6 is 0 Å². The molecule has 0 spiro atoms. The van der Waals surface area contributed by atoms with Gasteiger partial charge >= 0.3 is 0 Å². The van der Waals surface area contributed by atoms with Crippen LogP contribution in [0.15, 0.2) is 24.3 Å². The van der Waals surface area contributed by atoms with E-state index in [1.54, 1.807) is 7.11 Å². The molecule has 0 aliphatic carbocycles. The molecule has 2 unspecified atom stereocenters. The van der Waals surface area contributed by atoms with E-state index in [0.717, 1.165) is 24.3 Å². The van der Waals surface area contributed by atoms with Gasteiger partial charge < -0.3 is 14.8 Å². The lowest BCUT2D eigenvalue weighted by Crippen LogP contribution is -2.27. The van der Waals surface area contributed by atoms with E-state index >= 15 is 0 Å². The third-order valence-electron chi connectivity index (χ3n) is 3.12. The summed E-state index contributed by atoms with van der Waals surface area (Å²) in [5.74, 6) is 2.19. The number of hydrogen-bond acceptors (Lipinski definition) is 4. The summed E-state index contributed by atoms with van der Waals surface area (Å²) in [4.78, 5) is 0. The van der Waals surface area contributed by atoms with Crippen molar-refractivity contribution in [2.75, 3.05) is 38.4 Å². The van der Waals surface area contributed by atoms with Crippen molar-refractivity contribution in [2.45, 2.75) is 26.3 Å². The smallest absolute Gasteiger partial charge is 0.119 e. The quantitative estimate of drug-likeness (QED) is 0.638. The Morgan fingerprint density at radius 3 is 2.52 bits per heavy atom. The molecule has 0 amide bonds. The molecule has 1 aromatic carbocycles. The third kappa shape index (κ3) is 7.07. The second-order valence-corrected chi connectivity index (χ2v) is 6.39. The molecule has 0 radical (unpaired) electrons. The molecule has 0 aliphatic rings. The Balaban J connectivity index is 2.60. The fourth-order valence-corrected chi connectivity index (χ4v) is 3.40. The van der Waals surface area contributed by atoms with E-state index < -0.39 is 10.8 Å². The van der Waals surface area contributed by atoms with Crippen LogP contribution in [-0.4, -0.2) is 42.6 Å². The summed E-state index contributed by atoms with van der Waals surface area (Å²) in [6, 6.07) is 8.15. The zero-order valence-corrected chi connectivity index (χ0v) is 14.1. The van der Waals surface area contributed by atoms with Crippen molar-refractivity contribution < 1.29 is 13.7 Å². The van der Waals surface area contributed by atoms with E-state index in [0.29, 0.717) is 24.7 Å². The van der Waals surface area contributed by atoms with Gasteiger partial charge in [-0.15, -0.1) is 0 Å². The van der Waals surface area contributed by atoms with Gasteiger partial charge in [-0.2, -0.15) is 0 Å². The van der Waals surface area contributed by atoms with Crippen LogP contribution in [0.5, 0.6) is 5.75 Å². The van der Waals surface area contributed by atoms with Crippen molar-refractivity contribution in [1.29, 1.82) is 0 Å². The summed E-state index contributed by atoms with van der Waals surface area (Å²) < 4.78 is 22.6. The number of benzene rings is 1. The van der Waals surface area contributed by atoms with E-state index in [-0.39, 0.29) is 6.04 Å². The predicted molar refractivity (Wildman–Crippen MR) is 88.4 cm³/mol. The molecule has 1 aromatic rings. The van der Waals surface area contributed by atoms with Crippen molar-refractivity contribution in [2.24, 2.45) is 0 Å². The topological polar surface area (TPSA) is 47.6 Å². The maximum absolute atomic E-state index is 12.1. The molecule has 0 aromatic heterocycles. The highest BCUT2D eigenvalue weighted by Gasteiger charge is 2.14. The maximum atomic E-state index is 12.1. The average molecular weight is 313 g/mol. The van der Waals surface area contributed by atoms with Crippen LogP contribution in [0, 0.1) is 0 Å². The van der Waals surface area contributed by atoms with Crippen LogP contribution in [0.25, 0.3) is 0 Å². The monoisotopic (exact) mass is 313 g/mol. The Morgan fingerprint density at radius 1 is 1.24 bits per heavy atom. The third-order valence-corrected chi connectivity index (χ3v) is 4.57. The van der Waals surface area contributed by atoms with Gasteiger partial charge in [0.05, 0.1) is 6.61 Å². The summed E-state index contributed by atoms with van der Waals surface area (Å²) in [5, 5.41) is 3.41. The molecule has 4 nitrogen and oxygen atoms in total. The summed E-state index contributed by atoms with van der Waals surface area (Å²) >= 11 is 0. The Labute approximate surface area is 130 Å². The van der Waals surface area contributed by atoms with Crippen LogP contribution in [0.4, 0.5) is 0 Å². The lowest BCUT2D eigenvalue weighted by Gasteiger charge is -2.18. The Kier molecular flexibility index (Phi) is 9.30. The Hall–Kier alpha value is -0.910. The molecule has 0 fully saturated rings. The first-order valence-corrected chi connectivity index (χ1v) is 9.00. The minimum absolute atomic E-state index is 0.119. The standard InChI is InChI=1S/C16H27NO3S/c1-4-17-16(13-21(18)12-6-11-19-3)14-7-9-15(10-8-14)20-5-2/h7-10,16-17H,4-6,11-13H2,1-3H3. The molecule has 0 saturated carbocycles. The highest BCUT2D eigenvalue weighted by atomic mass is 32.2. The number of ether oxygens (including phenoxy) is 2. The van der Waals surface area contributed by atoms with Gasteiger partial charge in [0.25, 0.3) is 0 Å². The van der Waals surface area contributed by atoms with Crippen molar-refractivity contribution in [3.8, 4) is 5.75 Å². The zero-order valence-electron chi connectivity index (χ0n) is 13.3. The SMILES string of the molecule is CCNC(CS(=O)CCCOC)c1ccc(OCC)cc1. The minimum atomic E-state index is -0.836. The summed E-state index contributed by atoms with van der Waals surface area (Å²) in [5.41, 5.74) is 1.15. The number of rotatable bonds is 11. The minimum Gasteiger partial charge on any atom is -0.494 e. The molecule has 1 N–H and O–H groups in total. The average Bonchev–Trinajstić information content (AvgIpc) is 2.48. The van der Waals surface area contributed by atoms with Crippen molar-refractivity contribution in [1.82, 2.24) is 5.32 Å². The molecule has 120 valence electrons. The molecule has 21 heavy (non-hydrogen) atoms. The number of methoxy groups -OCH3 is 1. The molecular formula is C16H27NO3S. The van der Waals surface area contributed by atoms with Gasteiger partial charge in [0, 0.05) is 42.1 Å². The fraction of sp³-hybridized carbons (Fsp3) is 0.625. The van der Waals surface area contributed by atoms with Gasteiger partial charge in [-0.25, -0.2) is 0 Å². The van der Waals surface area contributed by atoms with E-state index in [2.05, 4.69) is 12.2 Å². The molecule has 1 rings (SSSR count). The van der Waals surface area contributed by atoms with Gasteiger partial charge in [-0.05, 0) is 37.6 Å². The highest BCUT2D eigenvalue weighted by Crippen LogP contribution is 2.19. The largest absolute Gasteiger partial charge is 0.494 e. The molecule has 2 atom stereocenters. The lowest BCUT2D eigenvalue weighted by molar-refractivity contribution is 0.200. The fourth-order valence-electron chi connectivity index (χ4n) is 2.12. The Bertz CT molecular complexity index is 408. The summed E-state index contributed by atoms with van der Waals surface area (Å²) in [7, 11) is 0.835. The van der Waals surface area contributed by atoms with Gasteiger partial charge in [0.15, 0.2) is 0 Å². The first-order valence-electron chi connectivity index (χ1n) is 7.51. The first kappa shape index (κ1) is 18.1. The van der Waals surface area contributed by atoms with Crippen LogP contribution < -0.4 is 10.1 Å². The van der Waals surface area contributed by atoms with Crippen molar-refractivity contribution in [3.05, 3.63) is 29.8 Å². The normalized spacial score (nSPS) is 13.9. The lowest BCUT2D eigenvalue weighted by atomic mass is 10.1. The van der Waals surface area contributed by atoms with Crippen LogP contribution in [0.1, 0.15) is 31.9 Å². The second kappa shape index (κ2) is 10.8. The molecule has 0 heterocycles. The van der Waals surface area contributed by atoms with Gasteiger partial charge in [0.1, 0.15) is 5.75 Å². The first-order chi connectivity index (χ1) is 10.2. The van der Waals surface area contributed by atoms with Gasteiger partial charge in [-0.3, -0.25) is 4.21 Å². The summed E-state index contributed by atoms with van der Waals surface area (Å²) in [6.45, 7) is 6.22.